The second-order valence-electron chi connectivity index (χ2n) is 3.20. The average molecular weight is 279 g/mol. The van der Waals surface area contributed by atoms with Crippen molar-refractivity contribution in [2.75, 3.05) is 5.75 Å². The number of hydrogen-bond acceptors (Lipinski definition) is 2. The zero-order valence-electron chi connectivity index (χ0n) is 7.64. The molecule has 0 radical (unpaired) electrons. The molecule has 1 unspecified atom stereocenters. The van der Waals surface area contributed by atoms with Crippen molar-refractivity contribution in [3.8, 4) is 0 Å². The minimum absolute atomic E-state index is 0.196. The Bertz CT molecular complexity index is 397. The number of rotatable bonds is 3. The van der Waals surface area contributed by atoms with Crippen LogP contribution in [0, 0.1) is 0 Å². The Morgan fingerprint density at radius 3 is 2.29 bits per heavy atom. The van der Waals surface area contributed by atoms with Gasteiger partial charge in [-0.25, -0.2) is 0 Å². The normalized spacial score (nSPS) is 13.9. The summed E-state index contributed by atoms with van der Waals surface area (Å²) in [6.07, 6.45) is 0. The Morgan fingerprint density at radius 2 is 1.86 bits per heavy atom. The molecule has 0 saturated heterocycles. The van der Waals surface area contributed by atoms with Gasteiger partial charge in [-0.15, -0.1) is 0 Å². The molecule has 0 heterocycles. The van der Waals surface area contributed by atoms with E-state index in [1.54, 1.807) is 6.92 Å². The topological polar surface area (TPSA) is 54.4 Å². The maximum Gasteiger partial charge on any atom is 0.265 e. The predicted octanol–water partition coefficient (Wildman–Crippen LogP) is 2.44. The summed E-state index contributed by atoms with van der Waals surface area (Å²) in [5.74, 6) is -0.438. The van der Waals surface area contributed by atoms with Crippen LogP contribution in [0.15, 0.2) is 28.7 Å². The highest BCUT2D eigenvalue weighted by Gasteiger charge is 2.13. The Morgan fingerprint density at radius 1 is 1.36 bits per heavy atom. The molecule has 1 N–H and O–H groups in total. The molecule has 1 aromatic rings. The largest absolute Gasteiger partial charge is 0.286 e. The standard InChI is InChI=1S/C9H11BrO3S/c1-7(6-14(11,12)13)8-2-4-9(10)5-3-8/h2-5,7H,6H2,1H3,(H,11,12,13). The van der Waals surface area contributed by atoms with Crippen LogP contribution in [0.4, 0.5) is 0 Å². The summed E-state index contributed by atoms with van der Waals surface area (Å²) >= 11 is 3.29. The first-order valence-corrected chi connectivity index (χ1v) is 6.49. The van der Waals surface area contributed by atoms with E-state index in [1.807, 2.05) is 24.3 Å². The molecule has 14 heavy (non-hydrogen) atoms. The molecule has 0 aromatic heterocycles. The number of hydrogen-bond donors (Lipinski definition) is 1. The highest BCUT2D eigenvalue weighted by atomic mass is 79.9. The third-order valence-corrected chi connectivity index (χ3v) is 3.35. The van der Waals surface area contributed by atoms with Crippen molar-refractivity contribution < 1.29 is 13.0 Å². The van der Waals surface area contributed by atoms with Crippen molar-refractivity contribution in [3.05, 3.63) is 34.3 Å². The van der Waals surface area contributed by atoms with Crippen LogP contribution in [0.1, 0.15) is 18.4 Å². The molecule has 0 spiro atoms. The van der Waals surface area contributed by atoms with Crippen LogP contribution in [0.2, 0.25) is 0 Å². The molecular weight excluding hydrogens is 268 g/mol. The lowest BCUT2D eigenvalue weighted by atomic mass is 10.0. The van der Waals surface area contributed by atoms with Gasteiger partial charge in [0.1, 0.15) is 0 Å². The van der Waals surface area contributed by atoms with Crippen molar-refractivity contribution in [3.63, 3.8) is 0 Å². The van der Waals surface area contributed by atoms with Gasteiger partial charge >= 0.3 is 0 Å². The molecule has 3 nitrogen and oxygen atoms in total. The first-order chi connectivity index (χ1) is 6.38. The van der Waals surface area contributed by atoms with Gasteiger partial charge in [0.2, 0.25) is 0 Å². The molecule has 0 bridgehead atoms. The van der Waals surface area contributed by atoms with E-state index in [-0.39, 0.29) is 11.7 Å². The third kappa shape index (κ3) is 3.77. The molecule has 1 atom stereocenters. The zero-order chi connectivity index (χ0) is 10.8. The summed E-state index contributed by atoms with van der Waals surface area (Å²) in [5, 5.41) is 0. The van der Waals surface area contributed by atoms with Crippen LogP contribution in [0.5, 0.6) is 0 Å². The van der Waals surface area contributed by atoms with Gasteiger partial charge in [-0.05, 0) is 23.6 Å². The van der Waals surface area contributed by atoms with Gasteiger partial charge in [0.05, 0.1) is 5.75 Å². The van der Waals surface area contributed by atoms with Crippen molar-refractivity contribution in [1.29, 1.82) is 0 Å². The van der Waals surface area contributed by atoms with Gasteiger partial charge in [-0.1, -0.05) is 35.0 Å². The van der Waals surface area contributed by atoms with E-state index in [1.165, 1.54) is 0 Å². The Balaban J connectivity index is 2.80. The average Bonchev–Trinajstić information content (AvgIpc) is 2.02. The van der Waals surface area contributed by atoms with E-state index in [2.05, 4.69) is 15.9 Å². The second-order valence-corrected chi connectivity index (χ2v) is 5.61. The Hall–Kier alpha value is -0.390. The maximum atomic E-state index is 10.6. The fraction of sp³-hybridized carbons (Fsp3) is 0.333. The first kappa shape index (κ1) is 11.7. The highest BCUT2D eigenvalue weighted by molar-refractivity contribution is 9.10. The van der Waals surface area contributed by atoms with Gasteiger partial charge in [0, 0.05) is 4.47 Å². The fourth-order valence-electron chi connectivity index (χ4n) is 1.20. The van der Waals surface area contributed by atoms with Gasteiger partial charge in [0.15, 0.2) is 0 Å². The minimum Gasteiger partial charge on any atom is -0.286 e. The number of halogens is 1. The highest BCUT2D eigenvalue weighted by Crippen LogP contribution is 2.19. The third-order valence-electron chi connectivity index (χ3n) is 1.90. The van der Waals surface area contributed by atoms with E-state index < -0.39 is 10.1 Å². The molecule has 0 saturated carbocycles. The molecule has 0 amide bonds. The summed E-state index contributed by atoms with van der Waals surface area (Å²) in [4.78, 5) is 0. The summed E-state index contributed by atoms with van der Waals surface area (Å²) in [6, 6.07) is 7.35. The van der Waals surface area contributed by atoms with Gasteiger partial charge in [-0.2, -0.15) is 8.42 Å². The predicted molar refractivity (Wildman–Crippen MR) is 59.0 cm³/mol. The monoisotopic (exact) mass is 278 g/mol. The second kappa shape index (κ2) is 4.42. The molecule has 0 aliphatic carbocycles. The molecule has 0 aliphatic rings. The van der Waals surface area contributed by atoms with Crippen LogP contribution >= 0.6 is 15.9 Å². The van der Waals surface area contributed by atoms with Crippen LogP contribution in [0.3, 0.4) is 0 Å². The van der Waals surface area contributed by atoms with Crippen LogP contribution in [0.25, 0.3) is 0 Å². The lowest BCUT2D eigenvalue weighted by molar-refractivity contribution is 0.479. The van der Waals surface area contributed by atoms with Gasteiger partial charge < -0.3 is 0 Å². The number of benzene rings is 1. The lowest BCUT2D eigenvalue weighted by Gasteiger charge is -2.09. The molecule has 0 aliphatic heterocycles. The summed E-state index contributed by atoms with van der Waals surface area (Å²) in [7, 11) is -3.89. The quantitative estimate of drug-likeness (QED) is 0.865. The smallest absolute Gasteiger partial charge is 0.265 e. The Labute approximate surface area is 92.0 Å². The van der Waals surface area contributed by atoms with Crippen LogP contribution in [-0.2, 0) is 10.1 Å². The fourth-order valence-corrected chi connectivity index (χ4v) is 2.29. The van der Waals surface area contributed by atoms with Gasteiger partial charge in [0.25, 0.3) is 10.1 Å². The summed E-state index contributed by atoms with van der Waals surface area (Å²) in [5.41, 5.74) is 0.894. The van der Waals surface area contributed by atoms with Crippen LogP contribution < -0.4 is 0 Å². The van der Waals surface area contributed by atoms with Gasteiger partial charge in [-0.3, -0.25) is 4.55 Å². The van der Waals surface area contributed by atoms with E-state index in [9.17, 15) is 8.42 Å². The molecule has 78 valence electrons. The molecular formula is C9H11BrO3S. The van der Waals surface area contributed by atoms with Crippen molar-refractivity contribution >= 4 is 26.0 Å². The van der Waals surface area contributed by atoms with Crippen LogP contribution in [-0.4, -0.2) is 18.7 Å². The minimum atomic E-state index is -3.89. The summed E-state index contributed by atoms with van der Waals surface area (Å²) < 4.78 is 30.9. The molecule has 0 fully saturated rings. The van der Waals surface area contributed by atoms with E-state index in [0.717, 1.165) is 10.0 Å². The SMILES string of the molecule is CC(CS(=O)(=O)O)c1ccc(Br)cc1. The molecule has 1 aromatic carbocycles. The molecule has 1 rings (SSSR count). The van der Waals surface area contributed by atoms with Crippen molar-refractivity contribution in [2.45, 2.75) is 12.8 Å². The van der Waals surface area contributed by atoms with E-state index in [0.29, 0.717) is 0 Å². The lowest BCUT2D eigenvalue weighted by Crippen LogP contribution is -2.10. The van der Waals surface area contributed by atoms with E-state index in [4.69, 9.17) is 4.55 Å². The van der Waals surface area contributed by atoms with Crippen molar-refractivity contribution in [1.82, 2.24) is 0 Å². The first-order valence-electron chi connectivity index (χ1n) is 4.09. The van der Waals surface area contributed by atoms with Crippen molar-refractivity contribution in [2.24, 2.45) is 0 Å². The Kier molecular flexibility index (Phi) is 3.69. The van der Waals surface area contributed by atoms with E-state index >= 15 is 0 Å². The maximum absolute atomic E-state index is 10.6. The molecule has 5 heteroatoms. The zero-order valence-corrected chi connectivity index (χ0v) is 10.0. The summed E-state index contributed by atoms with van der Waals surface area (Å²) in [6.45, 7) is 1.76.